The number of non-ortho nitro benzene ring substituents is 1. The Morgan fingerprint density at radius 1 is 0.943 bits per heavy atom. The molecule has 11 heteroatoms. The highest BCUT2D eigenvalue weighted by atomic mass is 32.2. The van der Waals surface area contributed by atoms with Gasteiger partial charge in [0.15, 0.2) is 11.0 Å². The number of hydrogen-bond donors (Lipinski definition) is 1. The van der Waals surface area contributed by atoms with Crippen molar-refractivity contribution in [3.8, 4) is 28.6 Å². The van der Waals surface area contributed by atoms with Crippen molar-refractivity contribution in [2.75, 3.05) is 25.3 Å². The number of methoxy groups -OCH3 is 2. The van der Waals surface area contributed by atoms with Crippen LogP contribution in [0.3, 0.4) is 0 Å². The Morgan fingerprint density at radius 2 is 1.54 bits per heavy atom. The van der Waals surface area contributed by atoms with Crippen LogP contribution in [-0.2, 0) is 4.79 Å². The number of carbonyl (C=O) groups is 1. The van der Waals surface area contributed by atoms with Gasteiger partial charge in [-0.3, -0.25) is 19.5 Å². The molecule has 1 N–H and O–H groups in total. The molecule has 0 aliphatic rings. The van der Waals surface area contributed by atoms with Crippen molar-refractivity contribution in [3.63, 3.8) is 0 Å². The van der Waals surface area contributed by atoms with Crippen LogP contribution < -0.4 is 14.8 Å². The average Bonchev–Trinajstić information content (AvgIpc) is 3.32. The van der Waals surface area contributed by atoms with E-state index in [-0.39, 0.29) is 17.3 Å². The summed E-state index contributed by atoms with van der Waals surface area (Å²) in [4.78, 5) is 22.8. The number of nitrogens with zero attached hydrogens (tertiary/aromatic N) is 4. The summed E-state index contributed by atoms with van der Waals surface area (Å²) in [7, 11) is 3.20. The molecule has 10 nitrogen and oxygen atoms in total. The smallest absolute Gasteiger partial charge is 0.269 e. The van der Waals surface area contributed by atoms with E-state index in [0.29, 0.717) is 22.4 Å². The second-order valence-corrected chi connectivity index (χ2v) is 8.15. The third-order valence-electron chi connectivity index (χ3n) is 5.01. The lowest BCUT2D eigenvalue weighted by Gasteiger charge is -2.11. The SMILES string of the molecule is COc1ccc(-c2nnc(SCC(=O)Nc3ccc([N+](=O)[O-])cc3)n2-c2ccc(OC)cc2)cc1. The maximum Gasteiger partial charge on any atom is 0.269 e. The van der Waals surface area contributed by atoms with Gasteiger partial charge in [0.1, 0.15) is 11.5 Å². The Labute approximate surface area is 205 Å². The number of ether oxygens (including phenoxy) is 2. The molecule has 0 bridgehead atoms. The second-order valence-electron chi connectivity index (χ2n) is 7.21. The molecule has 0 spiro atoms. The van der Waals surface area contributed by atoms with Gasteiger partial charge in [-0.25, -0.2) is 0 Å². The molecule has 4 aromatic rings. The van der Waals surface area contributed by atoms with Crippen LogP contribution in [0.4, 0.5) is 11.4 Å². The zero-order valence-corrected chi connectivity index (χ0v) is 19.7. The first-order valence-corrected chi connectivity index (χ1v) is 11.4. The molecule has 0 fully saturated rings. The maximum atomic E-state index is 12.5. The normalized spacial score (nSPS) is 10.6. The molecular weight excluding hydrogens is 470 g/mol. The summed E-state index contributed by atoms with van der Waals surface area (Å²) in [5.74, 6) is 1.83. The topological polar surface area (TPSA) is 121 Å². The molecule has 0 atom stereocenters. The number of hydrogen-bond acceptors (Lipinski definition) is 8. The van der Waals surface area contributed by atoms with Gasteiger partial charge < -0.3 is 14.8 Å². The molecule has 1 heterocycles. The van der Waals surface area contributed by atoms with E-state index in [9.17, 15) is 14.9 Å². The van der Waals surface area contributed by atoms with Crippen molar-refractivity contribution in [2.24, 2.45) is 0 Å². The molecule has 4 rings (SSSR count). The van der Waals surface area contributed by atoms with Crippen LogP contribution in [0.25, 0.3) is 17.1 Å². The Balaban J connectivity index is 1.56. The first kappa shape index (κ1) is 23.8. The van der Waals surface area contributed by atoms with E-state index in [1.165, 1.54) is 36.0 Å². The fourth-order valence-electron chi connectivity index (χ4n) is 3.25. The highest BCUT2D eigenvalue weighted by Crippen LogP contribution is 2.30. The van der Waals surface area contributed by atoms with Crippen LogP contribution in [-0.4, -0.2) is 45.6 Å². The molecule has 178 valence electrons. The molecule has 1 amide bonds. The van der Waals surface area contributed by atoms with Gasteiger partial charge in [0.25, 0.3) is 5.69 Å². The fourth-order valence-corrected chi connectivity index (χ4v) is 4.00. The van der Waals surface area contributed by atoms with Crippen molar-refractivity contribution in [3.05, 3.63) is 82.9 Å². The van der Waals surface area contributed by atoms with Crippen molar-refractivity contribution < 1.29 is 19.2 Å². The average molecular weight is 492 g/mol. The van der Waals surface area contributed by atoms with Gasteiger partial charge in [0.2, 0.25) is 5.91 Å². The van der Waals surface area contributed by atoms with Crippen molar-refractivity contribution in [1.29, 1.82) is 0 Å². The van der Waals surface area contributed by atoms with E-state index in [1.54, 1.807) is 14.2 Å². The lowest BCUT2D eigenvalue weighted by Crippen LogP contribution is -2.14. The van der Waals surface area contributed by atoms with Gasteiger partial charge in [-0.2, -0.15) is 0 Å². The number of amides is 1. The van der Waals surface area contributed by atoms with Crippen LogP contribution in [0.2, 0.25) is 0 Å². The Hall–Kier alpha value is -4.38. The summed E-state index contributed by atoms with van der Waals surface area (Å²) in [5.41, 5.74) is 2.06. The summed E-state index contributed by atoms with van der Waals surface area (Å²) in [6.07, 6.45) is 0. The van der Waals surface area contributed by atoms with E-state index in [0.717, 1.165) is 17.0 Å². The molecule has 3 aromatic carbocycles. The molecule has 0 aliphatic heterocycles. The number of nitrogens with one attached hydrogen (secondary N) is 1. The molecule has 1 aromatic heterocycles. The third-order valence-corrected chi connectivity index (χ3v) is 5.94. The number of benzene rings is 3. The highest BCUT2D eigenvalue weighted by Gasteiger charge is 2.18. The molecular formula is C24H21N5O5S. The van der Waals surface area contributed by atoms with Gasteiger partial charge in [0, 0.05) is 29.1 Å². The second kappa shape index (κ2) is 10.7. The zero-order valence-electron chi connectivity index (χ0n) is 18.9. The highest BCUT2D eigenvalue weighted by molar-refractivity contribution is 7.99. The lowest BCUT2D eigenvalue weighted by molar-refractivity contribution is -0.384. The lowest BCUT2D eigenvalue weighted by atomic mass is 10.2. The van der Waals surface area contributed by atoms with E-state index in [2.05, 4.69) is 15.5 Å². The number of nitro groups is 1. The first-order chi connectivity index (χ1) is 17.0. The van der Waals surface area contributed by atoms with Crippen LogP contribution >= 0.6 is 11.8 Å². The number of rotatable bonds is 9. The van der Waals surface area contributed by atoms with E-state index >= 15 is 0 Å². The molecule has 0 radical (unpaired) electrons. The standard InChI is InChI=1S/C24H21N5O5S/c1-33-20-11-3-16(4-12-20)23-26-27-24(28(23)18-9-13-21(34-2)14-10-18)35-15-22(30)25-17-5-7-19(8-6-17)29(31)32/h3-14H,15H2,1-2H3,(H,25,30). The summed E-state index contributed by atoms with van der Waals surface area (Å²) in [5, 5.41) is 22.8. The van der Waals surface area contributed by atoms with Crippen LogP contribution in [0.15, 0.2) is 78.0 Å². The first-order valence-electron chi connectivity index (χ1n) is 10.4. The summed E-state index contributed by atoms with van der Waals surface area (Å²) in [6, 6.07) is 20.5. The number of aromatic nitrogens is 3. The minimum atomic E-state index is -0.492. The Morgan fingerprint density at radius 3 is 2.11 bits per heavy atom. The molecule has 0 saturated carbocycles. The Bertz CT molecular complexity index is 1320. The van der Waals surface area contributed by atoms with Gasteiger partial charge in [0.05, 0.1) is 24.9 Å². The molecule has 0 aliphatic carbocycles. The predicted octanol–water partition coefficient (Wildman–Crippen LogP) is 4.59. The number of anilines is 1. The van der Waals surface area contributed by atoms with E-state index < -0.39 is 4.92 Å². The van der Waals surface area contributed by atoms with Gasteiger partial charge in [-0.1, -0.05) is 11.8 Å². The van der Waals surface area contributed by atoms with Crippen molar-refractivity contribution in [1.82, 2.24) is 14.8 Å². The minimum Gasteiger partial charge on any atom is -0.497 e. The summed E-state index contributed by atoms with van der Waals surface area (Å²) >= 11 is 1.22. The summed E-state index contributed by atoms with van der Waals surface area (Å²) < 4.78 is 12.4. The third kappa shape index (κ3) is 5.58. The van der Waals surface area contributed by atoms with Crippen molar-refractivity contribution in [2.45, 2.75) is 5.16 Å². The van der Waals surface area contributed by atoms with E-state index in [1.807, 2.05) is 53.1 Å². The van der Waals surface area contributed by atoms with Crippen molar-refractivity contribution >= 4 is 29.0 Å². The monoisotopic (exact) mass is 491 g/mol. The number of thioether (sulfide) groups is 1. The van der Waals surface area contributed by atoms with Gasteiger partial charge in [-0.15, -0.1) is 10.2 Å². The number of carbonyl (C=O) groups excluding carboxylic acids is 1. The Kier molecular flexibility index (Phi) is 7.27. The van der Waals surface area contributed by atoms with Crippen LogP contribution in [0, 0.1) is 10.1 Å². The summed E-state index contributed by atoms with van der Waals surface area (Å²) in [6.45, 7) is 0. The molecule has 35 heavy (non-hydrogen) atoms. The maximum absolute atomic E-state index is 12.5. The van der Waals surface area contributed by atoms with Gasteiger partial charge >= 0.3 is 0 Å². The zero-order chi connectivity index (χ0) is 24.8. The number of nitro benzene ring substituents is 1. The molecule has 0 unspecified atom stereocenters. The predicted molar refractivity (Wildman–Crippen MR) is 132 cm³/mol. The van der Waals surface area contributed by atoms with Crippen LogP contribution in [0.1, 0.15) is 0 Å². The quantitative estimate of drug-likeness (QED) is 0.205. The minimum absolute atomic E-state index is 0.0453. The molecule has 0 saturated heterocycles. The van der Waals surface area contributed by atoms with E-state index in [4.69, 9.17) is 9.47 Å². The van der Waals surface area contributed by atoms with Crippen LogP contribution in [0.5, 0.6) is 11.5 Å². The largest absolute Gasteiger partial charge is 0.497 e. The fraction of sp³-hybridized carbons (Fsp3) is 0.125. The van der Waals surface area contributed by atoms with Gasteiger partial charge in [-0.05, 0) is 60.7 Å².